The molecule has 1 aromatic heterocycles. The molecule has 0 saturated carbocycles. The number of alkyl halides is 3. The van der Waals surface area contributed by atoms with Crippen LogP contribution < -0.4 is 15.5 Å². The Hall–Kier alpha value is -5.23. The minimum Gasteiger partial charge on any atom is -0.372 e. The predicted octanol–water partition coefficient (Wildman–Crippen LogP) is 6.96. The Balaban J connectivity index is 1.36. The van der Waals surface area contributed by atoms with Crippen LogP contribution >= 0.6 is 0 Å². The van der Waals surface area contributed by atoms with Gasteiger partial charge in [-0.1, -0.05) is 18.2 Å². The van der Waals surface area contributed by atoms with E-state index >= 15 is 0 Å². The summed E-state index contributed by atoms with van der Waals surface area (Å²) in [6, 6.07) is 20.1. The molecule has 1 fully saturated rings. The van der Waals surface area contributed by atoms with Crippen LogP contribution in [-0.2, 0) is 12.7 Å². The quantitative estimate of drug-likeness (QED) is 0.157. The van der Waals surface area contributed by atoms with Crippen molar-refractivity contribution in [2.75, 3.05) is 56.5 Å². The van der Waals surface area contributed by atoms with Crippen molar-refractivity contribution in [1.29, 1.82) is 0 Å². The van der Waals surface area contributed by atoms with Crippen LogP contribution in [0.1, 0.15) is 68.9 Å². The van der Waals surface area contributed by atoms with Crippen LogP contribution in [0, 0.1) is 0 Å². The zero-order valence-electron chi connectivity index (χ0n) is 29.1. The summed E-state index contributed by atoms with van der Waals surface area (Å²) in [6.45, 7) is 8.93. The number of nitrogens with one attached hydrogen (secondary N) is 2. The number of hydrogen-bond acceptors (Lipinski definition) is 6. The molecule has 268 valence electrons. The van der Waals surface area contributed by atoms with E-state index < -0.39 is 23.6 Å². The van der Waals surface area contributed by atoms with Gasteiger partial charge in [0.05, 0.1) is 16.9 Å². The van der Waals surface area contributed by atoms with Gasteiger partial charge in [0.15, 0.2) is 0 Å². The molecule has 3 amide bonds. The summed E-state index contributed by atoms with van der Waals surface area (Å²) in [5, 5.41) is 5.66. The molecule has 1 aliphatic rings. The minimum absolute atomic E-state index is 0.102. The molecule has 51 heavy (non-hydrogen) atoms. The molecule has 9 nitrogen and oxygen atoms in total. The van der Waals surface area contributed by atoms with E-state index in [9.17, 15) is 27.6 Å². The molecule has 1 aliphatic heterocycles. The van der Waals surface area contributed by atoms with E-state index in [4.69, 9.17) is 0 Å². The zero-order valence-corrected chi connectivity index (χ0v) is 29.1. The predicted molar refractivity (Wildman–Crippen MR) is 193 cm³/mol. The number of likely N-dealkylation sites (N-methyl/N-ethyl adjacent to an activating group) is 1. The lowest BCUT2D eigenvalue weighted by molar-refractivity contribution is -0.137. The van der Waals surface area contributed by atoms with Gasteiger partial charge < -0.3 is 25.3 Å². The third-order valence-electron chi connectivity index (χ3n) is 9.05. The summed E-state index contributed by atoms with van der Waals surface area (Å²) in [4.78, 5) is 50.7. The first-order valence-electron chi connectivity index (χ1n) is 17.2. The van der Waals surface area contributed by atoms with Crippen LogP contribution in [-0.4, -0.2) is 78.8 Å². The number of hydrogen-bond donors (Lipinski definition) is 2. The lowest BCUT2D eigenvalue weighted by Crippen LogP contribution is -2.35. The van der Waals surface area contributed by atoms with Gasteiger partial charge in [-0.15, -0.1) is 0 Å². The first kappa shape index (κ1) is 37.0. The molecular weight excluding hydrogens is 657 g/mol. The molecular formula is C39H43F3N6O3. The normalized spacial score (nSPS) is 13.1. The molecule has 0 aliphatic carbocycles. The number of halogens is 3. The van der Waals surface area contributed by atoms with Crippen molar-refractivity contribution in [2.24, 2.45) is 0 Å². The van der Waals surface area contributed by atoms with E-state index in [1.165, 1.54) is 37.2 Å². The maximum atomic E-state index is 13.6. The van der Waals surface area contributed by atoms with Gasteiger partial charge in [0.2, 0.25) is 0 Å². The highest BCUT2D eigenvalue weighted by atomic mass is 19.4. The average Bonchev–Trinajstić information content (AvgIpc) is 3.67. The fourth-order valence-corrected chi connectivity index (χ4v) is 6.11. The lowest BCUT2D eigenvalue weighted by Gasteiger charge is -2.23. The second-order valence-corrected chi connectivity index (χ2v) is 12.5. The van der Waals surface area contributed by atoms with Crippen molar-refractivity contribution < 1.29 is 27.6 Å². The largest absolute Gasteiger partial charge is 0.416 e. The van der Waals surface area contributed by atoms with Crippen molar-refractivity contribution in [3.63, 3.8) is 0 Å². The second kappa shape index (κ2) is 16.7. The topological polar surface area (TPSA) is 97.9 Å². The summed E-state index contributed by atoms with van der Waals surface area (Å²) in [5.74, 6) is -1.08. The fourth-order valence-electron chi connectivity index (χ4n) is 6.11. The lowest BCUT2D eigenvalue weighted by atomic mass is 10.0. The molecule has 0 spiro atoms. The van der Waals surface area contributed by atoms with Crippen LogP contribution in [0.25, 0.3) is 11.3 Å². The van der Waals surface area contributed by atoms with Crippen LogP contribution in [0.4, 0.5) is 24.5 Å². The van der Waals surface area contributed by atoms with E-state index in [2.05, 4.69) is 25.4 Å². The van der Waals surface area contributed by atoms with Gasteiger partial charge in [-0.2, -0.15) is 13.2 Å². The Bertz CT molecular complexity index is 1850. The number of aromatic nitrogens is 1. The SMILES string of the molecule is CCN(CC)c1ccc(NC(=O)c2cccc(C(=O)N(C)CCN3CCCC3)c2)c(-c2cc(C(=O)NCc3cccc(C(F)(F)F)c3)ccn2)c1. The second-order valence-electron chi connectivity index (χ2n) is 12.5. The van der Waals surface area contributed by atoms with Crippen molar-refractivity contribution in [3.05, 3.63) is 113 Å². The van der Waals surface area contributed by atoms with Gasteiger partial charge >= 0.3 is 6.18 Å². The molecule has 5 rings (SSSR count). The summed E-state index contributed by atoms with van der Waals surface area (Å²) >= 11 is 0. The Kier molecular flexibility index (Phi) is 12.1. The van der Waals surface area contributed by atoms with Gasteiger partial charge in [-0.05, 0) is 106 Å². The first-order valence-corrected chi connectivity index (χ1v) is 17.2. The highest BCUT2D eigenvalue weighted by Crippen LogP contribution is 2.33. The van der Waals surface area contributed by atoms with Crippen LogP contribution in [0.5, 0.6) is 0 Å². The van der Waals surface area contributed by atoms with Crippen molar-refractivity contribution in [3.8, 4) is 11.3 Å². The third-order valence-corrected chi connectivity index (χ3v) is 9.05. The van der Waals surface area contributed by atoms with Gasteiger partial charge in [0.25, 0.3) is 17.7 Å². The maximum absolute atomic E-state index is 13.6. The molecule has 0 atom stereocenters. The highest BCUT2D eigenvalue weighted by molar-refractivity contribution is 6.08. The summed E-state index contributed by atoms with van der Waals surface area (Å²) in [6.07, 6.45) is -0.661. The monoisotopic (exact) mass is 700 g/mol. The molecule has 2 N–H and O–H groups in total. The Labute approximate surface area is 296 Å². The number of likely N-dealkylation sites (tertiary alicyclic amines) is 1. The van der Waals surface area contributed by atoms with Gasteiger partial charge in [0.1, 0.15) is 0 Å². The van der Waals surface area contributed by atoms with Gasteiger partial charge in [-0.25, -0.2) is 0 Å². The molecule has 0 radical (unpaired) electrons. The van der Waals surface area contributed by atoms with Crippen LogP contribution in [0.2, 0.25) is 0 Å². The Morgan fingerprint density at radius 1 is 0.843 bits per heavy atom. The highest BCUT2D eigenvalue weighted by Gasteiger charge is 2.30. The molecule has 0 unspecified atom stereocenters. The van der Waals surface area contributed by atoms with E-state index in [-0.39, 0.29) is 18.0 Å². The van der Waals surface area contributed by atoms with Gasteiger partial charge in [0, 0.05) is 73.9 Å². The standard InChI is InChI=1S/C39H43F3N6O3/c1-4-48(5-2)32-14-15-34(45-37(50)28-11-9-12-30(23-28)38(51)46(3)20-21-47-18-6-7-19-47)33(25-32)35-24-29(16-17-43-35)36(49)44-26-27-10-8-13-31(22-27)39(40,41)42/h8-17,22-25H,4-7,18-21,26H2,1-3H3,(H,44,49)(H,45,50). The molecule has 3 aromatic carbocycles. The van der Waals surface area contributed by atoms with E-state index in [0.29, 0.717) is 40.2 Å². The third kappa shape index (κ3) is 9.52. The maximum Gasteiger partial charge on any atom is 0.416 e. The zero-order chi connectivity index (χ0) is 36.5. The minimum atomic E-state index is -4.49. The number of nitrogens with zero attached hydrogens (tertiary/aromatic N) is 4. The van der Waals surface area contributed by atoms with Crippen LogP contribution in [0.15, 0.2) is 85.1 Å². The number of amides is 3. The number of pyridine rings is 1. The molecule has 12 heteroatoms. The number of carbonyl (C=O) groups excluding carboxylic acids is 3. The van der Waals surface area contributed by atoms with Crippen molar-refractivity contribution in [1.82, 2.24) is 20.1 Å². The Morgan fingerprint density at radius 2 is 1.55 bits per heavy atom. The molecule has 0 bridgehead atoms. The Morgan fingerprint density at radius 3 is 2.27 bits per heavy atom. The summed E-state index contributed by atoms with van der Waals surface area (Å²) < 4.78 is 39.5. The van der Waals surface area contributed by atoms with Crippen molar-refractivity contribution >= 4 is 29.1 Å². The fraction of sp³-hybridized carbons (Fsp3) is 0.333. The first-order chi connectivity index (χ1) is 24.5. The molecule has 4 aromatic rings. The number of rotatable bonds is 13. The van der Waals surface area contributed by atoms with E-state index in [1.54, 1.807) is 48.3 Å². The smallest absolute Gasteiger partial charge is 0.372 e. The van der Waals surface area contributed by atoms with E-state index in [1.807, 2.05) is 26.0 Å². The molecule has 2 heterocycles. The summed E-state index contributed by atoms with van der Waals surface area (Å²) in [7, 11) is 1.77. The number of anilines is 2. The number of benzene rings is 3. The summed E-state index contributed by atoms with van der Waals surface area (Å²) in [5.41, 5.74) is 2.80. The number of carbonyl (C=O) groups is 3. The van der Waals surface area contributed by atoms with Crippen molar-refractivity contribution in [2.45, 2.75) is 39.4 Å². The average molecular weight is 701 g/mol. The van der Waals surface area contributed by atoms with Crippen LogP contribution in [0.3, 0.4) is 0 Å². The van der Waals surface area contributed by atoms with Gasteiger partial charge in [-0.3, -0.25) is 19.4 Å². The van der Waals surface area contributed by atoms with E-state index in [0.717, 1.165) is 50.5 Å². The molecule has 1 saturated heterocycles.